The molecule has 0 spiro atoms. The van der Waals surface area contributed by atoms with Crippen molar-refractivity contribution in [3.8, 4) is 0 Å². The smallest absolute Gasteiger partial charge is 0.289 e. The number of benzene rings is 1. The number of carbonyl (C=O) groups is 1. The van der Waals surface area contributed by atoms with Crippen molar-refractivity contribution in [3.63, 3.8) is 0 Å². The van der Waals surface area contributed by atoms with Gasteiger partial charge in [-0.1, -0.05) is 12.1 Å². The number of aromatic nitrogens is 2. The lowest BCUT2D eigenvalue weighted by Gasteiger charge is -2.32. The predicted molar refractivity (Wildman–Crippen MR) is 92.0 cm³/mol. The first kappa shape index (κ1) is 14.8. The molecule has 124 valence electrons. The number of imidazole rings is 1. The van der Waals surface area contributed by atoms with Gasteiger partial charge in [0.2, 0.25) is 5.95 Å². The molecule has 1 saturated heterocycles. The van der Waals surface area contributed by atoms with Crippen LogP contribution in [-0.4, -0.2) is 39.5 Å². The maximum absolute atomic E-state index is 12.3. The number of hydrogen-bond donors (Lipinski definition) is 1. The van der Waals surface area contributed by atoms with E-state index in [2.05, 4.69) is 20.9 Å². The molecular weight excluding hydrogens is 304 g/mol. The minimum absolute atomic E-state index is 0.0267. The SMILES string of the molecule is Cn1c(NC2CCN(C(=O)c3ccco3)CC2)nc2ccccc21. The van der Waals surface area contributed by atoms with Crippen LogP contribution in [0, 0.1) is 0 Å². The molecule has 1 amide bonds. The van der Waals surface area contributed by atoms with Gasteiger partial charge in [0, 0.05) is 26.2 Å². The number of para-hydroxylation sites is 2. The lowest BCUT2D eigenvalue weighted by Crippen LogP contribution is -2.42. The minimum atomic E-state index is -0.0267. The summed E-state index contributed by atoms with van der Waals surface area (Å²) in [6.07, 6.45) is 3.33. The average Bonchev–Trinajstić information content (AvgIpc) is 3.25. The van der Waals surface area contributed by atoms with Crippen LogP contribution in [0.15, 0.2) is 47.1 Å². The van der Waals surface area contributed by atoms with Crippen molar-refractivity contribution in [1.29, 1.82) is 0 Å². The van der Waals surface area contributed by atoms with E-state index in [-0.39, 0.29) is 5.91 Å². The molecule has 0 unspecified atom stereocenters. The molecule has 3 aromatic rings. The molecule has 24 heavy (non-hydrogen) atoms. The molecule has 6 heteroatoms. The molecule has 0 saturated carbocycles. The van der Waals surface area contributed by atoms with Gasteiger partial charge in [-0.3, -0.25) is 4.79 Å². The van der Waals surface area contributed by atoms with Crippen molar-refractivity contribution >= 4 is 22.9 Å². The Labute approximate surface area is 140 Å². The summed E-state index contributed by atoms with van der Waals surface area (Å²) in [5.74, 6) is 1.27. The molecule has 1 aliphatic rings. The third-order valence-corrected chi connectivity index (χ3v) is 4.63. The van der Waals surface area contributed by atoms with Crippen molar-refractivity contribution in [3.05, 3.63) is 48.4 Å². The third kappa shape index (κ3) is 2.64. The number of carbonyl (C=O) groups excluding carboxylic acids is 1. The monoisotopic (exact) mass is 324 g/mol. The molecule has 4 rings (SSSR count). The molecule has 6 nitrogen and oxygen atoms in total. The predicted octanol–water partition coefficient (Wildman–Crippen LogP) is 2.88. The number of amides is 1. The highest BCUT2D eigenvalue weighted by atomic mass is 16.3. The van der Waals surface area contributed by atoms with Gasteiger partial charge in [0.05, 0.1) is 17.3 Å². The molecule has 0 bridgehead atoms. The molecule has 2 aromatic heterocycles. The van der Waals surface area contributed by atoms with Gasteiger partial charge in [0.1, 0.15) is 0 Å². The first-order chi connectivity index (χ1) is 11.7. The molecule has 3 heterocycles. The lowest BCUT2D eigenvalue weighted by molar-refractivity contribution is 0.0686. The third-order valence-electron chi connectivity index (χ3n) is 4.63. The maximum Gasteiger partial charge on any atom is 0.289 e. The fraction of sp³-hybridized carbons (Fsp3) is 0.333. The normalized spacial score (nSPS) is 15.8. The Morgan fingerprint density at radius 1 is 1.21 bits per heavy atom. The number of furan rings is 1. The van der Waals surface area contributed by atoms with E-state index in [0.29, 0.717) is 11.8 Å². The topological polar surface area (TPSA) is 63.3 Å². The molecule has 1 aliphatic heterocycles. The van der Waals surface area contributed by atoms with Gasteiger partial charge in [0.25, 0.3) is 5.91 Å². The van der Waals surface area contributed by atoms with Gasteiger partial charge in [0.15, 0.2) is 5.76 Å². The second-order valence-corrected chi connectivity index (χ2v) is 6.17. The zero-order valence-electron chi connectivity index (χ0n) is 13.6. The standard InChI is InChI=1S/C18H20N4O2/c1-21-15-6-3-2-5-14(15)20-18(21)19-13-8-10-22(11-9-13)17(23)16-7-4-12-24-16/h2-7,12-13H,8-11H2,1H3,(H,19,20). The first-order valence-electron chi connectivity index (χ1n) is 8.23. The van der Waals surface area contributed by atoms with Crippen molar-refractivity contribution in [2.45, 2.75) is 18.9 Å². The highest BCUT2D eigenvalue weighted by Gasteiger charge is 2.25. The Morgan fingerprint density at radius 2 is 2.00 bits per heavy atom. The number of nitrogens with one attached hydrogen (secondary N) is 1. The molecule has 1 aromatic carbocycles. The quantitative estimate of drug-likeness (QED) is 0.804. The number of nitrogens with zero attached hydrogens (tertiary/aromatic N) is 3. The molecule has 1 fully saturated rings. The van der Waals surface area contributed by atoms with Crippen LogP contribution in [0.1, 0.15) is 23.4 Å². The number of hydrogen-bond acceptors (Lipinski definition) is 4. The van der Waals surface area contributed by atoms with E-state index in [1.807, 2.05) is 30.1 Å². The van der Waals surface area contributed by atoms with Gasteiger partial charge in [-0.25, -0.2) is 4.98 Å². The zero-order chi connectivity index (χ0) is 16.5. The van der Waals surface area contributed by atoms with Crippen LogP contribution < -0.4 is 5.32 Å². The van der Waals surface area contributed by atoms with Crippen LogP contribution in [0.25, 0.3) is 11.0 Å². The summed E-state index contributed by atoms with van der Waals surface area (Å²) in [5.41, 5.74) is 2.11. The summed E-state index contributed by atoms with van der Waals surface area (Å²) in [5, 5.41) is 3.52. The second kappa shape index (κ2) is 6.03. The second-order valence-electron chi connectivity index (χ2n) is 6.17. The Morgan fingerprint density at radius 3 is 2.71 bits per heavy atom. The summed E-state index contributed by atoms with van der Waals surface area (Å²) in [6, 6.07) is 11.9. The van der Waals surface area contributed by atoms with E-state index in [0.717, 1.165) is 42.9 Å². The number of likely N-dealkylation sites (tertiary alicyclic amines) is 1. The van der Waals surface area contributed by atoms with E-state index in [1.54, 1.807) is 12.1 Å². The molecule has 0 atom stereocenters. The van der Waals surface area contributed by atoms with Crippen LogP contribution in [0.2, 0.25) is 0 Å². The summed E-state index contributed by atoms with van der Waals surface area (Å²) in [7, 11) is 2.02. The van der Waals surface area contributed by atoms with E-state index in [9.17, 15) is 4.79 Å². The van der Waals surface area contributed by atoms with E-state index >= 15 is 0 Å². The Hall–Kier alpha value is -2.76. The van der Waals surface area contributed by atoms with Crippen molar-refractivity contribution < 1.29 is 9.21 Å². The molecule has 0 radical (unpaired) electrons. The molecular formula is C18H20N4O2. The Balaban J connectivity index is 1.41. The molecule has 1 N–H and O–H groups in total. The largest absolute Gasteiger partial charge is 0.459 e. The number of aryl methyl sites for hydroxylation is 1. The summed E-state index contributed by atoms with van der Waals surface area (Å²) in [4.78, 5) is 18.8. The average molecular weight is 324 g/mol. The van der Waals surface area contributed by atoms with Gasteiger partial charge in [-0.05, 0) is 37.1 Å². The van der Waals surface area contributed by atoms with Crippen LogP contribution in [0.4, 0.5) is 5.95 Å². The van der Waals surface area contributed by atoms with Gasteiger partial charge < -0.3 is 19.2 Å². The number of rotatable bonds is 3. The highest BCUT2D eigenvalue weighted by molar-refractivity contribution is 5.91. The van der Waals surface area contributed by atoms with Gasteiger partial charge in [-0.15, -0.1) is 0 Å². The van der Waals surface area contributed by atoms with Crippen molar-refractivity contribution in [2.75, 3.05) is 18.4 Å². The van der Waals surface area contributed by atoms with Crippen LogP contribution in [0.3, 0.4) is 0 Å². The maximum atomic E-state index is 12.3. The zero-order valence-corrected chi connectivity index (χ0v) is 13.6. The van der Waals surface area contributed by atoms with Crippen LogP contribution in [0.5, 0.6) is 0 Å². The fourth-order valence-electron chi connectivity index (χ4n) is 3.24. The first-order valence-corrected chi connectivity index (χ1v) is 8.23. The van der Waals surface area contributed by atoms with Crippen molar-refractivity contribution in [1.82, 2.24) is 14.5 Å². The highest BCUT2D eigenvalue weighted by Crippen LogP contribution is 2.21. The van der Waals surface area contributed by atoms with Gasteiger partial charge >= 0.3 is 0 Å². The summed E-state index contributed by atoms with van der Waals surface area (Å²) < 4.78 is 7.28. The Kier molecular flexibility index (Phi) is 3.72. The van der Waals surface area contributed by atoms with Crippen LogP contribution in [-0.2, 0) is 7.05 Å². The summed E-state index contributed by atoms with van der Waals surface area (Å²) >= 11 is 0. The van der Waals surface area contributed by atoms with Crippen molar-refractivity contribution in [2.24, 2.45) is 7.05 Å². The molecule has 0 aliphatic carbocycles. The number of anilines is 1. The minimum Gasteiger partial charge on any atom is -0.459 e. The Bertz CT molecular complexity index is 845. The fourth-order valence-corrected chi connectivity index (χ4v) is 3.24. The van der Waals surface area contributed by atoms with E-state index in [4.69, 9.17) is 4.42 Å². The van der Waals surface area contributed by atoms with E-state index < -0.39 is 0 Å². The van der Waals surface area contributed by atoms with E-state index in [1.165, 1.54) is 6.26 Å². The lowest BCUT2D eigenvalue weighted by atomic mass is 10.1. The van der Waals surface area contributed by atoms with Crippen LogP contribution >= 0.6 is 0 Å². The van der Waals surface area contributed by atoms with Gasteiger partial charge in [-0.2, -0.15) is 0 Å². The number of fused-ring (bicyclic) bond motifs is 1. The number of piperidine rings is 1. The summed E-state index contributed by atoms with van der Waals surface area (Å²) in [6.45, 7) is 1.45.